The maximum Gasteiger partial charge on any atom is 0.128 e. The first kappa shape index (κ1) is 27.7. The van der Waals surface area contributed by atoms with Gasteiger partial charge in [-0.25, -0.2) is 12.8 Å². The summed E-state index contributed by atoms with van der Waals surface area (Å²) in [5.74, 6) is -1.36. The third-order valence-corrected chi connectivity index (χ3v) is 5.83. The Bertz CT molecular complexity index is 1020. The number of rotatable bonds is 7. The Hall–Kier alpha value is -1.34. The summed E-state index contributed by atoms with van der Waals surface area (Å²) in [6.07, 6.45) is 0. The molecule has 0 heterocycles. The molecule has 0 amide bonds. The van der Waals surface area contributed by atoms with Crippen molar-refractivity contribution in [3.8, 4) is 0 Å². The normalized spacial score (nSPS) is 12.6. The number of halogens is 3. The second kappa shape index (κ2) is 13.3. The molecule has 0 aliphatic rings. The third-order valence-electron chi connectivity index (χ3n) is 4.28. The smallest absolute Gasteiger partial charge is 0.128 e. The second-order valence-electron chi connectivity index (χ2n) is 6.28. The van der Waals surface area contributed by atoms with E-state index in [0.717, 1.165) is 6.07 Å². The molecule has 0 saturated heterocycles. The van der Waals surface area contributed by atoms with Gasteiger partial charge in [0.2, 0.25) is 0 Å². The Kier molecular flexibility index (Phi) is 11.9. The summed E-state index contributed by atoms with van der Waals surface area (Å²) in [6.45, 7) is 0. The monoisotopic (exact) mass is 568 g/mol. The average molecular weight is 568 g/mol. The molecule has 0 bridgehead atoms. The van der Waals surface area contributed by atoms with Crippen LogP contribution in [0.2, 0.25) is 5.02 Å². The van der Waals surface area contributed by atoms with Gasteiger partial charge in [-0.2, -0.15) is 0 Å². The predicted molar refractivity (Wildman–Crippen MR) is 122 cm³/mol. The number of sulfonamides is 1. The molecular formula is C22H21Cl2FN2O2RuS. The van der Waals surface area contributed by atoms with Crippen LogP contribution in [0.5, 0.6) is 0 Å². The minimum Gasteiger partial charge on any atom is -0.672 e. The van der Waals surface area contributed by atoms with Crippen LogP contribution >= 0.6 is 21.3 Å². The summed E-state index contributed by atoms with van der Waals surface area (Å²) >= 11 is 7.79. The predicted octanol–water partition coefficient (Wildman–Crippen LogP) is 7.35. The van der Waals surface area contributed by atoms with Crippen molar-refractivity contribution in [2.45, 2.75) is 17.8 Å². The van der Waals surface area contributed by atoms with E-state index in [4.69, 9.17) is 17.3 Å². The quantitative estimate of drug-likeness (QED) is 0.221. The van der Waals surface area contributed by atoms with Gasteiger partial charge in [0, 0.05) is 10.6 Å². The van der Waals surface area contributed by atoms with E-state index in [1.165, 1.54) is 12.1 Å². The zero-order valence-corrected chi connectivity index (χ0v) is 20.6. The van der Waals surface area contributed by atoms with Crippen molar-refractivity contribution in [2.24, 2.45) is 0 Å². The molecule has 0 aliphatic heterocycles. The van der Waals surface area contributed by atoms with Crippen molar-refractivity contribution >= 4 is 31.3 Å². The van der Waals surface area contributed by atoms with Crippen LogP contribution in [0.3, 0.4) is 0 Å². The van der Waals surface area contributed by atoms with E-state index in [2.05, 4.69) is 14.4 Å². The molecular weight excluding hydrogens is 547 g/mol. The second-order valence-corrected chi connectivity index (χ2v) is 8.35. The van der Waals surface area contributed by atoms with Gasteiger partial charge in [-0.15, -0.1) is 12.1 Å². The van der Waals surface area contributed by atoms with Gasteiger partial charge in [0.25, 0.3) is 0 Å². The molecule has 166 valence electrons. The zero-order chi connectivity index (χ0) is 22.1. The summed E-state index contributed by atoms with van der Waals surface area (Å²) in [6, 6.07) is 19.8. The van der Waals surface area contributed by atoms with E-state index >= 15 is 0 Å². The summed E-state index contributed by atoms with van der Waals surface area (Å²) in [5, 5.41) is 0.0283. The molecule has 9 heteroatoms. The van der Waals surface area contributed by atoms with E-state index < -0.39 is 33.7 Å². The molecule has 2 atom stereocenters. The van der Waals surface area contributed by atoms with Gasteiger partial charge in [0.1, 0.15) is 5.82 Å². The molecule has 0 radical (unpaired) electrons. The average Bonchev–Trinajstić information content (AvgIpc) is 2.77. The van der Waals surface area contributed by atoms with Gasteiger partial charge in [-0.3, -0.25) is 0 Å². The molecule has 31 heavy (non-hydrogen) atoms. The van der Waals surface area contributed by atoms with E-state index in [0.29, 0.717) is 11.1 Å². The summed E-state index contributed by atoms with van der Waals surface area (Å²) in [7, 11) is 0.469. The number of nitrogens with one attached hydrogen (secondary N) is 1. The van der Waals surface area contributed by atoms with Crippen molar-refractivity contribution in [3.63, 3.8) is 0 Å². The number of benzene rings is 3. The molecule has 0 aromatic heterocycles. The van der Waals surface area contributed by atoms with Crippen molar-refractivity contribution in [2.75, 3.05) is 0 Å². The molecule has 1 N–H and O–H groups in total. The SMILES string of the molecule is [CH3-].[Cl][Ru+3].[NH-]C(c1ccccc1)C([N-]S(=O)(=O)Cc1c(F)cccc1Cl)c1ccccc1. The van der Waals surface area contributed by atoms with Crippen LogP contribution in [-0.2, 0) is 33.1 Å². The van der Waals surface area contributed by atoms with Crippen molar-refractivity contribution in [1.29, 1.82) is 0 Å². The fourth-order valence-corrected chi connectivity index (χ4v) is 4.50. The van der Waals surface area contributed by atoms with Gasteiger partial charge in [-0.05, 0) is 12.1 Å². The summed E-state index contributed by atoms with van der Waals surface area (Å²) in [4.78, 5) is 0. The fourth-order valence-electron chi connectivity index (χ4n) is 2.87. The molecule has 0 spiro atoms. The number of nitrogens with zero attached hydrogens (tertiary/aromatic N) is 1. The van der Waals surface area contributed by atoms with Crippen LogP contribution in [0.15, 0.2) is 78.9 Å². The molecule has 2 unspecified atom stereocenters. The molecule has 0 aliphatic carbocycles. The molecule has 3 aromatic rings. The Morgan fingerprint density at radius 1 is 0.903 bits per heavy atom. The van der Waals surface area contributed by atoms with Crippen LogP contribution in [0.4, 0.5) is 4.39 Å². The minimum absolute atomic E-state index is 0. The Morgan fingerprint density at radius 2 is 1.42 bits per heavy atom. The van der Waals surface area contributed by atoms with Crippen LogP contribution in [-0.4, -0.2) is 8.42 Å². The minimum atomic E-state index is -4.10. The van der Waals surface area contributed by atoms with Gasteiger partial charge in [0.15, 0.2) is 0 Å². The maximum atomic E-state index is 14.0. The summed E-state index contributed by atoms with van der Waals surface area (Å²) < 4.78 is 43.5. The van der Waals surface area contributed by atoms with Gasteiger partial charge in [-0.1, -0.05) is 89.5 Å². The molecule has 4 nitrogen and oxygen atoms in total. The topological polar surface area (TPSA) is 72.0 Å². The van der Waals surface area contributed by atoms with Crippen molar-refractivity contribution in [1.82, 2.24) is 0 Å². The first-order valence-corrected chi connectivity index (χ1v) is 12.9. The third kappa shape index (κ3) is 7.94. The molecule has 3 rings (SSSR count). The van der Waals surface area contributed by atoms with Crippen molar-refractivity contribution < 1.29 is 30.1 Å². The van der Waals surface area contributed by atoms with E-state index in [9.17, 15) is 12.8 Å². The Morgan fingerprint density at radius 3 is 1.94 bits per heavy atom. The Balaban J connectivity index is 0.00000156. The van der Waals surface area contributed by atoms with Gasteiger partial charge < -0.3 is 17.9 Å². The van der Waals surface area contributed by atoms with Crippen LogP contribution < -0.4 is 0 Å². The fraction of sp³-hybridized carbons (Fsp3) is 0.136. The van der Waals surface area contributed by atoms with Crippen LogP contribution in [0.1, 0.15) is 28.8 Å². The van der Waals surface area contributed by atoms with Crippen LogP contribution in [0.25, 0.3) is 10.5 Å². The number of hydrogen-bond acceptors (Lipinski definition) is 2. The Labute approximate surface area is 202 Å². The van der Waals surface area contributed by atoms with Crippen molar-refractivity contribution in [3.05, 3.63) is 124 Å². The summed E-state index contributed by atoms with van der Waals surface area (Å²) in [5.41, 5.74) is 9.70. The first-order chi connectivity index (χ1) is 14.4. The van der Waals surface area contributed by atoms with E-state index in [1.807, 2.05) is 23.4 Å². The molecule has 3 aromatic carbocycles. The molecule has 0 fully saturated rings. The maximum absolute atomic E-state index is 14.0. The zero-order valence-electron chi connectivity index (χ0n) is 16.5. The van der Waals surface area contributed by atoms with Crippen LogP contribution in [0, 0.1) is 13.2 Å². The van der Waals surface area contributed by atoms with Gasteiger partial charge in [0.05, 0.1) is 15.8 Å². The first-order valence-electron chi connectivity index (χ1n) is 8.69. The van der Waals surface area contributed by atoms with E-state index in [-0.39, 0.29) is 18.0 Å². The molecule has 0 saturated carbocycles. The largest absolute Gasteiger partial charge is 0.672 e. The number of hydrogen-bond donors (Lipinski definition) is 0. The standard InChI is InChI=1S/C21H18ClFN2O2S.CH3.ClH.Ru/c22-18-12-7-13-19(23)17(18)14-28(26,27)25-21(16-10-5-2-6-11-16)20(24)15-8-3-1-4-9-15;;;/h1-13,20-21,24H,14H2;1H3;1H;/q-2;-1;;+4/p-1. The van der Waals surface area contributed by atoms with E-state index in [1.54, 1.807) is 54.6 Å². The van der Waals surface area contributed by atoms with Gasteiger partial charge >= 0.3 is 27.0 Å².